The van der Waals surface area contributed by atoms with Gasteiger partial charge >= 0.3 is 0 Å². The smallest absolute Gasteiger partial charge is 0.0663 e. The van der Waals surface area contributed by atoms with Crippen molar-refractivity contribution in [3.05, 3.63) is 46.2 Å². The second kappa shape index (κ2) is 5.58. The van der Waals surface area contributed by atoms with E-state index < -0.39 is 0 Å². The van der Waals surface area contributed by atoms with Crippen LogP contribution >= 0.6 is 11.6 Å². The number of nitrogens with one attached hydrogen (secondary N) is 1. The summed E-state index contributed by atoms with van der Waals surface area (Å²) in [7, 11) is 0. The van der Waals surface area contributed by atoms with Crippen LogP contribution < -0.4 is 5.32 Å². The van der Waals surface area contributed by atoms with Crippen LogP contribution in [0.15, 0.2) is 24.4 Å². The predicted molar refractivity (Wildman–Crippen MR) is 84.6 cm³/mol. The fraction of sp³-hybridized carbons (Fsp3) is 0.438. The average molecular weight is 292 g/mol. The van der Waals surface area contributed by atoms with Crippen molar-refractivity contribution in [3.8, 4) is 5.69 Å². The van der Waals surface area contributed by atoms with E-state index >= 15 is 0 Å². The van der Waals surface area contributed by atoms with Crippen molar-refractivity contribution in [2.45, 2.75) is 46.7 Å². The van der Waals surface area contributed by atoms with Crippen LogP contribution in [0, 0.1) is 13.8 Å². The van der Waals surface area contributed by atoms with E-state index in [2.05, 4.69) is 38.1 Å². The van der Waals surface area contributed by atoms with E-state index in [1.807, 2.05) is 36.0 Å². The molecule has 0 atom stereocenters. The SMILES string of the molecule is Cc1ccc(-n2ncc(CNC(C)(C)C)c2C)cc1Cl. The Morgan fingerprint density at radius 1 is 1.25 bits per heavy atom. The Balaban J connectivity index is 2.26. The van der Waals surface area contributed by atoms with Crippen LogP contribution in [0.25, 0.3) is 5.69 Å². The van der Waals surface area contributed by atoms with Gasteiger partial charge < -0.3 is 5.32 Å². The molecule has 0 aliphatic heterocycles. The van der Waals surface area contributed by atoms with E-state index in [0.717, 1.165) is 28.5 Å². The van der Waals surface area contributed by atoms with Crippen LogP contribution in [0.2, 0.25) is 5.02 Å². The molecule has 1 N–H and O–H groups in total. The van der Waals surface area contributed by atoms with Crippen molar-refractivity contribution in [1.29, 1.82) is 0 Å². The first kappa shape index (κ1) is 15.1. The van der Waals surface area contributed by atoms with Gasteiger partial charge in [0.05, 0.1) is 11.9 Å². The number of hydrogen-bond donors (Lipinski definition) is 1. The van der Waals surface area contributed by atoms with Crippen LogP contribution in [0.3, 0.4) is 0 Å². The lowest BCUT2D eigenvalue weighted by molar-refractivity contribution is 0.424. The maximum absolute atomic E-state index is 6.19. The molecular weight excluding hydrogens is 270 g/mol. The van der Waals surface area contributed by atoms with E-state index in [1.54, 1.807) is 0 Å². The van der Waals surface area contributed by atoms with Crippen LogP contribution in [0.4, 0.5) is 0 Å². The number of rotatable bonds is 3. The minimum Gasteiger partial charge on any atom is -0.308 e. The van der Waals surface area contributed by atoms with Gasteiger partial charge in [-0.2, -0.15) is 5.10 Å². The first-order chi connectivity index (χ1) is 9.28. The van der Waals surface area contributed by atoms with Gasteiger partial charge in [0.25, 0.3) is 0 Å². The maximum atomic E-state index is 6.19. The third kappa shape index (κ3) is 3.41. The highest BCUT2D eigenvalue weighted by atomic mass is 35.5. The molecule has 108 valence electrons. The zero-order chi connectivity index (χ0) is 14.9. The first-order valence-electron chi connectivity index (χ1n) is 6.83. The largest absolute Gasteiger partial charge is 0.308 e. The molecule has 3 nitrogen and oxygen atoms in total. The van der Waals surface area contributed by atoms with Crippen molar-refractivity contribution in [1.82, 2.24) is 15.1 Å². The van der Waals surface area contributed by atoms with Crippen molar-refractivity contribution in [2.75, 3.05) is 0 Å². The van der Waals surface area contributed by atoms with E-state index in [4.69, 9.17) is 11.6 Å². The number of aryl methyl sites for hydroxylation is 1. The van der Waals surface area contributed by atoms with Gasteiger partial charge in [0.1, 0.15) is 0 Å². The molecule has 0 bridgehead atoms. The first-order valence-corrected chi connectivity index (χ1v) is 7.21. The van der Waals surface area contributed by atoms with Crippen molar-refractivity contribution in [2.24, 2.45) is 0 Å². The number of halogens is 1. The lowest BCUT2D eigenvalue weighted by Gasteiger charge is -2.20. The molecule has 2 aromatic rings. The predicted octanol–water partition coefficient (Wildman–Crippen LogP) is 4.03. The topological polar surface area (TPSA) is 29.9 Å². The molecular formula is C16H22ClN3. The molecule has 0 fully saturated rings. The van der Waals surface area contributed by atoms with Gasteiger partial charge in [0, 0.05) is 28.4 Å². The molecule has 0 spiro atoms. The van der Waals surface area contributed by atoms with Crippen LogP contribution in [0.5, 0.6) is 0 Å². The van der Waals surface area contributed by atoms with Gasteiger partial charge in [0.2, 0.25) is 0 Å². The van der Waals surface area contributed by atoms with Gasteiger partial charge in [-0.15, -0.1) is 0 Å². The number of hydrogen-bond acceptors (Lipinski definition) is 2. The van der Waals surface area contributed by atoms with Gasteiger partial charge in [-0.1, -0.05) is 17.7 Å². The second-order valence-electron chi connectivity index (χ2n) is 6.20. The molecule has 0 amide bonds. The third-order valence-electron chi connectivity index (χ3n) is 3.32. The highest BCUT2D eigenvalue weighted by Gasteiger charge is 2.13. The molecule has 2 rings (SSSR count). The second-order valence-corrected chi connectivity index (χ2v) is 6.61. The maximum Gasteiger partial charge on any atom is 0.0663 e. The van der Waals surface area contributed by atoms with Gasteiger partial charge in [-0.25, -0.2) is 4.68 Å². The standard InChI is InChI=1S/C16H22ClN3/c1-11-6-7-14(8-15(11)17)20-12(2)13(10-19-20)9-18-16(3,4)5/h6-8,10,18H,9H2,1-5H3. The summed E-state index contributed by atoms with van der Waals surface area (Å²) in [4.78, 5) is 0. The summed E-state index contributed by atoms with van der Waals surface area (Å²) in [6.45, 7) is 11.4. The Hall–Kier alpha value is -1.32. The fourth-order valence-electron chi connectivity index (χ4n) is 1.95. The van der Waals surface area contributed by atoms with E-state index in [9.17, 15) is 0 Å². The fourth-order valence-corrected chi connectivity index (χ4v) is 2.13. The molecule has 1 heterocycles. The molecule has 1 aromatic carbocycles. The summed E-state index contributed by atoms with van der Waals surface area (Å²) in [6.07, 6.45) is 1.92. The molecule has 0 aliphatic carbocycles. The molecule has 0 unspecified atom stereocenters. The lowest BCUT2D eigenvalue weighted by Crippen LogP contribution is -2.35. The van der Waals surface area contributed by atoms with E-state index in [1.165, 1.54) is 5.56 Å². The molecule has 4 heteroatoms. The highest BCUT2D eigenvalue weighted by molar-refractivity contribution is 6.31. The number of nitrogens with zero attached hydrogens (tertiary/aromatic N) is 2. The minimum atomic E-state index is 0.0989. The molecule has 1 aromatic heterocycles. The Morgan fingerprint density at radius 3 is 2.55 bits per heavy atom. The summed E-state index contributed by atoms with van der Waals surface area (Å²) in [5.41, 5.74) is 4.52. The molecule has 0 aliphatic rings. The van der Waals surface area contributed by atoms with Gasteiger partial charge in [-0.3, -0.25) is 0 Å². The quantitative estimate of drug-likeness (QED) is 0.925. The number of aromatic nitrogens is 2. The zero-order valence-corrected chi connectivity index (χ0v) is 13.5. The Bertz CT molecular complexity index is 609. The molecule has 0 saturated carbocycles. The third-order valence-corrected chi connectivity index (χ3v) is 3.73. The summed E-state index contributed by atoms with van der Waals surface area (Å²) in [5.74, 6) is 0. The number of benzene rings is 1. The van der Waals surface area contributed by atoms with Crippen molar-refractivity contribution in [3.63, 3.8) is 0 Å². The lowest BCUT2D eigenvalue weighted by atomic mass is 10.1. The summed E-state index contributed by atoms with van der Waals surface area (Å²) < 4.78 is 1.94. The zero-order valence-electron chi connectivity index (χ0n) is 12.8. The van der Waals surface area contributed by atoms with Crippen molar-refractivity contribution < 1.29 is 0 Å². The normalized spacial score (nSPS) is 11.9. The monoisotopic (exact) mass is 291 g/mol. The molecule has 20 heavy (non-hydrogen) atoms. The molecule has 0 radical (unpaired) electrons. The summed E-state index contributed by atoms with van der Waals surface area (Å²) in [5, 5.41) is 8.73. The Morgan fingerprint density at radius 2 is 1.95 bits per heavy atom. The summed E-state index contributed by atoms with van der Waals surface area (Å²) >= 11 is 6.19. The van der Waals surface area contributed by atoms with Crippen LogP contribution in [-0.4, -0.2) is 15.3 Å². The van der Waals surface area contributed by atoms with E-state index in [0.29, 0.717) is 0 Å². The molecule has 0 saturated heterocycles. The highest BCUT2D eigenvalue weighted by Crippen LogP contribution is 2.21. The van der Waals surface area contributed by atoms with Crippen LogP contribution in [-0.2, 0) is 6.54 Å². The van der Waals surface area contributed by atoms with E-state index in [-0.39, 0.29) is 5.54 Å². The Kier molecular flexibility index (Phi) is 4.21. The van der Waals surface area contributed by atoms with Gasteiger partial charge in [-0.05, 0) is 52.3 Å². The summed E-state index contributed by atoms with van der Waals surface area (Å²) in [6, 6.07) is 6.02. The Labute approximate surface area is 126 Å². The van der Waals surface area contributed by atoms with Gasteiger partial charge in [0.15, 0.2) is 0 Å². The van der Waals surface area contributed by atoms with Crippen LogP contribution in [0.1, 0.15) is 37.6 Å². The minimum absolute atomic E-state index is 0.0989. The van der Waals surface area contributed by atoms with Crippen molar-refractivity contribution >= 4 is 11.6 Å². The average Bonchev–Trinajstić information content (AvgIpc) is 2.71.